The molecular weight excluding hydrogens is 300 g/mol. The highest BCUT2D eigenvalue weighted by molar-refractivity contribution is 7.93. The van der Waals surface area contributed by atoms with Gasteiger partial charge < -0.3 is 0 Å². The van der Waals surface area contributed by atoms with Gasteiger partial charge in [-0.05, 0) is 24.4 Å². The Morgan fingerprint density at radius 3 is 2.94 bits per heavy atom. The van der Waals surface area contributed by atoms with Crippen LogP contribution in [0.25, 0.3) is 0 Å². The van der Waals surface area contributed by atoms with Crippen LogP contribution < -0.4 is 5.23 Å². The van der Waals surface area contributed by atoms with Crippen molar-refractivity contribution in [2.45, 2.75) is 24.5 Å². The number of nitrogens with zero attached hydrogens (tertiary/aromatic N) is 2. The van der Waals surface area contributed by atoms with Crippen LogP contribution in [0, 0.1) is 0 Å². The van der Waals surface area contributed by atoms with E-state index in [9.17, 15) is 13.6 Å². The van der Waals surface area contributed by atoms with Crippen LogP contribution in [0.1, 0.15) is 17.7 Å². The van der Waals surface area contributed by atoms with Gasteiger partial charge in [-0.1, -0.05) is 0 Å². The number of rotatable bonds is 4. The molecule has 1 aromatic rings. The molecule has 1 aliphatic rings. The summed E-state index contributed by atoms with van der Waals surface area (Å²) in [5.41, 5.74) is 1.36. The van der Waals surface area contributed by atoms with Gasteiger partial charge in [0.2, 0.25) is 0 Å². The third-order valence-corrected chi connectivity index (χ3v) is 5.15. The molecule has 10 heteroatoms. The summed E-state index contributed by atoms with van der Waals surface area (Å²) in [5, 5.41) is 9.86. The molecule has 0 saturated carbocycles. The van der Waals surface area contributed by atoms with Crippen LogP contribution in [-0.4, -0.2) is 34.1 Å². The van der Waals surface area contributed by atoms with E-state index in [1.165, 1.54) is 0 Å². The zero-order chi connectivity index (χ0) is 13.3. The molecule has 0 aliphatic heterocycles. The number of hydrogen-bond donors (Lipinski definition) is 2. The molecule has 7 nitrogen and oxygen atoms in total. The Hall–Kier alpha value is -0.390. The zero-order valence-corrected chi connectivity index (χ0v) is 11.9. The molecule has 1 unspecified atom stereocenters. The lowest BCUT2D eigenvalue weighted by Crippen LogP contribution is -2.28. The molecule has 0 bridgehead atoms. The van der Waals surface area contributed by atoms with Crippen molar-refractivity contribution < 1.29 is 22.5 Å². The summed E-state index contributed by atoms with van der Waals surface area (Å²) >= 11 is 2.02. The first-order valence-electron chi connectivity index (χ1n) is 5.07. The highest BCUT2D eigenvalue weighted by Crippen LogP contribution is 2.35. The first kappa shape index (κ1) is 14.0. The number of fused-ring (bicyclic) bond motifs is 1. The van der Waals surface area contributed by atoms with Crippen LogP contribution in [0.4, 0.5) is 5.00 Å². The minimum Gasteiger partial charge on any atom is -0.285 e. The minimum atomic E-state index is -4.04. The van der Waals surface area contributed by atoms with E-state index in [4.69, 9.17) is 8.84 Å². The van der Waals surface area contributed by atoms with E-state index in [0.717, 1.165) is 29.1 Å². The average Bonchev–Trinajstić information content (AvgIpc) is 2.70. The molecule has 1 heterocycles. The van der Waals surface area contributed by atoms with Gasteiger partial charge in [0.1, 0.15) is 0 Å². The highest BCUT2D eigenvalue weighted by Gasteiger charge is 2.32. The topological polar surface area (TPSA) is 100.0 Å². The van der Waals surface area contributed by atoms with E-state index in [2.05, 4.69) is 4.37 Å². The maximum atomic E-state index is 11.1. The second-order valence-corrected chi connectivity index (χ2v) is 6.74. The van der Waals surface area contributed by atoms with Crippen molar-refractivity contribution in [2.24, 2.45) is 0 Å². The van der Waals surface area contributed by atoms with E-state index < -0.39 is 15.4 Å². The quantitative estimate of drug-likeness (QED) is 0.487. The highest BCUT2D eigenvalue weighted by atomic mass is 32.2. The fraction of sp³-hybridized carbons (Fsp3) is 0.625. The normalized spacial score (nSPS) is 19.6. The summed E-state index contributed by atoms with van der Waals surface area (Å²) in [6.45, 7) is 0. The third-order valence-electron chi connectivity index (χ3n) is 2.73. The Labute approximate surface area is 113 Å². The second-order valence-electron chi connectivity index (χ2n) is 3.81. The van der Waals surface area contributed by atoms with E-state index in [0.29, 0.717) is 28.8 Å². The van der Waals surface area contributed by atoms with Gasteiger partial charge in [-0.15, -0.1) is 5.23 Å². The molecular formula is C8H12N2O5S3. The van der Waals surface area contributed by atoms with Crippen molar-refractivity contribution in [1.82, 2.24) is 4.37 Å². The maximum Gasteiger partial charge on any atom is 0.268 e. The second kappa shape index (κ2) is 5.31. The molecule has 1 aliphatic carbocycles. The lowest BCUT2D eigenvalue weighted by molar-refractivity contribution is 0.0723. The van der Waals surface area contributed by atoms with Gasteiger partial charge in [-0.25, -0.2) is 0 Å². The number of anilines is 1. The van der Waals surface area contributed by atoms with Gasteiger partial charge in [0.25, 0.3) is 10.1 Å². The first-order valence-corrected chi connectivity index (χ1v) is 8.49. The molecule has 0 fully saturated rings. The smallest absolute Gasteiger partial charge is 0.268 e. The molecule has 2 rings (SSSR count). The fourth-order valence-electron chi connectivity index (χ4n) is 1.88. The summed E-state index contributed by atoms with van der Waals surface area (Å²) in [4.78, 5) is 0. The van der Waals surface area contributed by atoms with Gasteiger partial charge in [0, 0.05) is 30.3 Å². The van der Waals surface area contributed by atoms with Crippen LogP contribution in [0.3, 0.4) is 0 Å². The summed E-state index contributed by atoms with van der Waals surface area (Å²) in [7, 11) is -4.04. The molecule has 1 aromatic heterocycles. The number of aromatic nitrogens is 1. The van der Waals surface area contributed by atoms with E-state index in [1.54, 1.807) is 6.26 Å². The van der Waals surface area contributed by atoms with Crippen molar-refractivity contribution in [2.75, 3.05) is 11.5 Å². The summed E-state index contributed by atoms with van der Waals surface area (Å²) < 4.78 is 40.1. The van der Waals surface area contributed by atoms with Gasteiger partial charge in [-0.3, -0.25) is 9.76 Å². The van der Waals surface area contributed by atoms with Crippen molar-refractivity contribution in [3.63, 3.8) is 0 Å². The van der Waals surface area contributed by atoms with Crippen molar-refractivity contribution in [3.8, 4) is 0 Å². The van der Waals surface area contributed by atoms with Crippen LogP contribution in [0.2, 0.25) is 0 Å². The molecule has 0 radical (unpaired) electrons. The molecule has 1 atom stereocenters. The van der Waals surface area contributed by atoms with Crippen LogP contribution in [-0.2, 0) is 27.2 Å². The van der Waals surface area contributed by atoms with Gasteiger partial charge >= 0.3 is 0 Å². The molecule has 18 heavy (non-hydrogen) atoms. The Balaban J connectivity index is 2.22. The Kier molecular flexibility index (Phi) is 4.14. The van der Waals surface area contributed by atoms with Crippen molar-refractivity contribution in [3.05, 3.63) is 11.3 Å². The van der Waals surface area contributed by atoms with Crippen LogP contribution in [0.15, 0.2) is 0 Å². The molecule has 0 spiro atoms. The fourth-order valence-corrected chi connectivity index (χ4v) is 3.74. The van der Waals surface area contributed by atoms with E-state index in [1.807, 2.05) is 0 Å². The zero-order valence-electron chi connectivity index (χ0n) is 9.44. The van der Waals surface area contributed by atoms with Crippen LogP contribution >= 0.6 is 23.6 Å². The Morgan fingerprint density at radius 1 is 1.61 bits per heavy atom. The molecule has 0 aromatic carbocycles. The minimum absolute atomic E-state index is 0.164. The predicted octanol–water partition coefficient (Wildman–Crippen LogP) is 1.29. The van der Waals surface area contributed by atoms with E-state index >= 15 is 0 Å². The summed E-state index contributed by atoms with van der Waals surface area (Å²) in [6.07, 6.45) is 2.56. The standard InChI is InChI=1S/C8H12N2O5S3/c1-16-15-10(11)8-6-3-2-5(18(12,13)14)4-7(6)9-17-8/h5,11H,2-4H2,1H3,(H,12,13,14). The monoisotopic (exact) mass is 312 g/mol. The maximum absolute atomic E-state index is 11.1. The molecule has 102 valence electrons. The molecule has 0 amide bonds. The SMILES string of the molecule is CSON(O)c1snc2c1CCC(S(=O)(=O)O)C2. The largest absolute Gasteiger partial charge is 0.285 e. The summed E-state index contributed by atoms with van der Waals surface area (Å²) in [5.74, 6) is 0. The van der Waals surface area contributed by atoms with E-state index in [-0.39, 0.29) is 6.42 Å². The molecule has 2 N–H and O–H groups in total. The van der Waals surface area contributed by atoms with Crippen molar-refractivity contribution >= 4 is 38.7 Å². The predicted molar refractivity (Wildman–Crippen MR) is 68.3 cm³/mol. The average molecular weight is 312 g/mol. The summed E-state index contributed by atoms with van der Waals surface area (Å²) in [6, 6.07) is 0. The first-order chi connectivity index (χ1) is 8.43. The van der Waals surface area contributed by atoms with Gasteiger partial charge in [0.15, 0.2) is 5.00 Å². The Bertz CT molecular complexity index is 529. The van der Waals surface area contributed by atoms with Crippen molar-refractivity contribution in [1.29, 1.82) is 0 Å². The molecule has 0 saturated heterocycles. The number of hydrogen-bond acceptors (Lipinski definition) is 8. The lowest BCUT2D eigenvalue weighted by Gasteiger charge is -2.20. The third kappa shape index (κ3) is 2.78. The Morgan fingerprint density at radius 2 is 2.33 bits per heavy atom. The van der Waals surface area contributed by atoms with Gasteiger partial charge in [-0.2, -0.15) is 17.1 Å². The van der Waals surface area contributed by atoms with Crippen LogP contribution in [0.5, 0.6) is 0 Å². The lowest BCUT2D eigenvalue weighted by atomic mass is 9.97. The van der Waals surface area contributed by atoms with Gasteiger partial charge in [0.05, 0.1) is 10.9 Å².